The number of aromatic carboxylic acids is 1. The third kappa shape index (κ3) is 2.21. The minimum Gasteiger partial charge on any atom is -0.477 e. The highest BCUT2D eigenvalue weighted by Gasteiger charge is 2.15. The summed E-state index contributed by atoms with van der Waals surface area (Å²) in [6, 6.07) is 5.12. The Morgan fingerprint density at radius 1 is 1.33 bits per heavy atom. The minimum absolute atomic E-state index is 0. The number of thiophene rings is 1. The van der Waals surface area contributed by atoms with Gasteiger partial charge in [0.2, 0.25) is 0 Å². The molecule has 0 spiro atoms. The normalized spacial score (nSPS) is 10.0. The van der Waals surface area contributed by atoms with Crippen molar-refractivity contribution in [3.63, 3.8) is 0 Å². The number of fused-ring (bicyclic) bond motifs is 1. The summed E-state index contributed by atoms with van der Waals surface area (Å²) in [5.41, 5.74) is 0. The largest absolute Gasteiger partial charge is 0.477 e. The van der Waals surface area contributed by atoms with Crippen LogP contribution in [0.3, 0.4) is 0 Å². The van der Waals surface area contributed by atoms with Crippen molar-refractivity contribution in [2.75, 3.05) is 0 Å². The number of halogens is 3. The maximum atomic E-state index is 10.8. The molecule has 0 saturated heterocycles. The number of rotatable bonds is 1. The Hall–Kier alpha value is -0.480. The van der Waals surface area contributed by atoms with Gasteiger partial charge in [-0.3, -0.25) is 0 Å². The molecule has 0 saturated carbocycles. The first-order valence-corrected chi connectivity index (χ1v) is 5.27. The first-order chi connectivity index (χ1) is 6.59. The third-order valence-electron chi connectivity index (χ3n) is 1.79. The molecule has 0 fully saturated rings. The number of hydrogen-bond acceptors (Lipinski definition) is 2. The van der Waals surface area contributed by atoms with Crippen molar-refractivity contribution >= 4 is 63.0 Å². The molecule has 0 bridgehead atoms. The Bertz CT molecular complexity index is 521. The molecule has 0 atom stereocenters. The molecule has 0 aliphatic rings. The van der Waals surface area contributed by atoms with Gasteiger partial charge in [0.25, 0.3) is 0 Å². The third-order valence-corrected chi connectivity index (χ3v) is 3.67. The van der Waals surface area contributed by atoms with E-state index in [9.17, 15) is 4.79 Å². The van der Waals surface area contributed by atoms with Gasteiger partial charge in [-0.25, -0.2) is 4.79 Å². The molecule has 1 aromatic carbocycles. The van der Waals surface area contributed by atoms with Crippen molar-refractivity contribution in [1.82, 2.24) is 0 Å². The van der Waals surface area contributed by atoms with Gasteiger partial charge in [0.05, 0.1) is 5.02 Å². The first kappa shape index (κ1) is 12.6. The maximum absolute atomic E-state index is 10.8. The lowest BCUT2D eigenvalue weighted by Gasteiger charge is -1.90. The van der Waals surface area contributed by atoms with Gasteiger partial charge in [-0.15, -0.1) is 23.7 Å². The van der Waals surface area contributed by atoms with Crippen LogP contribution in [0.2, 0.25) is 10.0 Å². The van der Waals surface area contributed by atoms with Crippen molar-refractivity contribution in [3.05, 3.63) is 33.1 Å². The van der Waals surface area contributed by atoms with Gasteiger partial charge < -0.3 is 5.11 Å². The van der Waals surface area contributed by atoms with Crippen LogP contribution >= 0.6 is 46.9 Å². The van der Waals surface area contributed by atoms with Gasteiger partial charge in [-0.1, -0.05) is 29.3 Å². The van der Waals surface area contributed by atoms with E-state index in [-0.39, 0.29) is 22.3 Å². The van der Waals surface area contributed by atoms with E-state index in [1.54, 1.807) is 18.2 Å². The van der Waals surface area contributed by atoms with E-state index in [4.69, 9.17) is 28.3 Å². The second-order valence-electron chi connectivity index (χ2n) is 2.69. The van der Waals surface area contributed by atoms with Crippen LogP contribution in [0.1, 0.15) is 9.67 Å². The van der Waals surface area contributed by atoms with Crippen molar-refractivity contribution in [2.45, 2.75) is 0 Å². The first-order valence-electron chi connectivity index (χ1n) is 3.70. The zero-order valence-corrected chi connectivity index (χ0v) is 10.3. The van der Waals surface area contributed by atoms with Crippen LogP contribution in [0.4, 0.5) is 0 Å². The molecule has 1 heterocycles. The van der Waals surface area contributed by atoms with Gasteiger partial charge in [-0.05, 0) is 12.1 Å². The van der Waals surface area contributed by atoms with E-state index in [0.717, 1.165) is 21.4 Å². The number of benzene rings is 1. The highest BCUT2D eigenvalue weighted by Crippen LogP contribution is 2.36. The quantitative estimate of drug-likeness (QED) is 0.846. The molecule has 80 valence electrons. The second-order valence-corrected chi connectivity index (χ2v) is 4.56. The molecular formula is C9H5Cl3O2S. The Labute approximate surface area is 106 Å². The fourth-order valence-electron chi connectivity index (χ4n) is 1.18. The molecule has 0 unspecified atom stereocenters. The fourth-order valence-corrected chi connectivity index (χ4v) is 2.80. The summed E-state index contributed by atoms with van der Waals surface area (Å²) in [7, 11) is 0. The Kier molecular flexibility index (Phi) is 3.84. The SMILES string of the molecule is Cl.O=C(O)c1sc2cc(Cl)ccc2c1Cl. The van der Waals surface area contributed by atoms with E-state index in [2.05, 4.69) is 0 Å². The van der Waals surface area contributed by atoms with Crippen LogP contribution in [-0.4, -0.2) is 11.1 Å². The van der Waals surface area contributed by atoms with Crippen LogP contribution in [0.5, 0.6) is 0 Å². The molecule has 2 rings (SSSR count). The minimum atomic E-state index is -1.01. The van der Waals surface area contributed by atoms with E-state index in [1.807, 2.05) is 0 Å². The van der Waals surface area contributed by atoms with Gasteiger partial charge in [0.15, 0.2) is 0 Å². The van der Waals surface area contributed by atoms with E-state index >= 15 is 0 Å². The predicted octanol–water partition coefficient (Wildman–Crippen LogP) is 4.33. The van der Waals surface area contributed by atoms with Crippen molar-refractivity contribution in [3.8, 4) is 0 Å². The number of hydrogen-bond donors (Lipinski definition) is 1. The molecule has 1 aromatic heterocycles. The molecule has 15 heavy (non-hydrogen) atoms. The Balaban J connectivity index is 0.00000112. The Morgan fingerprint density at radius 3 is 2.60 bits per heavy atom. The summed E-state index contributed by atoms with van der Waals surface area (Å²) < 4.78 is 0.792. The molecule has 2 aromatic rings. The zero-order valence-electron chi connectivity index (χ0n) is 7.16. The summed E-state index contributed by atoms with van der Waals surface area (Å²) in [6.07, 6.45) is 0. The van der Waals surface area contributed by atoms with E-state index < -0.39 is 5.97 Å². The van der Waals surface area contributed by atoms with Crippen molar-refractivity contribution < 1.29 is 9.90 Å². The average Bonchev–Trinajstić information content (AvgIpc) is 2.43. The summed E-state index contributed by atoms with van der Waals surface area (Å²) in [5.74, 6) is -1.01. The Morgan fingerprint density at radius 2 is 2.00 bits per heavy atom. The topological polar surface area (TPSA) is 37.3 Å². The summed E-state index contributed by atoms with van der Waals surface area (Å²) in [5, 5.41) is 10.4. The van der Waals surface area contributed by atoms with E-state index in [1.165, 1.54) is 0 Å². The molecule has 1 N–H and O–H groups in total. The van der Waals surface area contributed by atoms with E-state index in [0.29, 0.717) is 5.02 Å². The molecule has 0 aliphatic heterocycles. The van der Waals surface area contributed by atoms with Crippen LogP contribution in [0, 0.1) is 0 Å². The molecule has 2 nitrogen and oxygen atoms in total. The fraction of sp³-hybridized carbons (Fsp3) is 0. The van der Waals surface area contributed by atoms with Crippen LogP contribution in [0.15, 0.2) is 18.2 Å². The van der Waals surface area contributed by atoms with Crippen molar-refractivity contribution in [2.24, 2.45) is 0 Å². The van der Waals surface area contributed by atoms with Crippen molar-refractivity contribution in [1.29, 1.82) is 0 Å². The molecule has 0 amide bonds. The maximum Gasteiger partial charge on any atom is 0.347 e. The van der Waals surface area contributed by atoms with Crippen LogP contribution in [0.25, 0.3) is 10.1 Å². The monoisotopic (exact) mass is 282 g/mol. The lowest BCUT2D eigenvalue weighted by atomic mass is 10.2. The smallest absolute Gasteiger partial charge is 0.347 e. The van der Waals surface area contributed by atoms with Crippen LogP contribution < -0.4 is 0 Å². The zero-order chi connectivity index (χ0) is 10.3. The number of carboxylic acids is 1. The number of carboxylic acid groups (broad SMARTS) is 1. The predicted molar refractivity (Wildman–Crippen MR) is 66.1 cm³/mol. The van der Waals surface area contributed by atoms with Gasteiger partial charge >= 0.3 is 5.97 Å². The molecular weight excluding hydrogens is 279 g/mol. The highest BCUT2D eigenvalue weighted by molar-refractivity contribution is 7.21. The van der Waals surface area contributed by atoms with Crippen LogP contribution in [-0.2, 0) is 0 Å². The molecule has 0 radical (unpaired) electrons. The average molecular weight is 284 g/mol. The van der Waals surface area contributed by atoms with Gasteiger partial charge in [0.1, 0.15) is 4.88 Å². The van der Waals surface area contributed by atoms with Gasteiger partial charge in [0, 0.05) is 15.1 Å². The standard InChI is InChI=1S/C9H4Cl2O2S.ClH/c10-4-1-2-5-6(3-4)14-8(7(5)11)9(12)13;/h1-3H,(H,12,13);1H. The lowest BCUT2D eigenvalue weighted by molar-refractivity contribution is 0.0702. The summed E-state index contributed by atoms with van der Waals surface area (Å²) >= 11 is 12.8. The molecule has 0 aliphatic carbocycles. The summed E-state index contributed by atoms with van der Waals surface area (Å²) in [6.45, 7) is 0. The van der Waals surface area contributed by atoms with Gasteiger partial charge in [-0.2, -0.15) is 0 Å². The number of carbonyl (C=O) groups is 1. The second kappa shape index (κ2) is 4.58. The molecule has 6 heteroatoms. The lowest BCUT2D eigenvalue weighted by Crippen LogP contribution is -1.91. The highest BCUT2D eigenvalue weighted by atomic mass is 35.5. The summed E-state index contributed by atoms with van der Waals surface area (Å²) in [4.78, 5) is 10.9.